The topological polar surface area (TPSA) is 51.5 Å². The van der Waals surface area contributed by atoms with E-state index in [-0.39, 0.29) is 0 Å². The first-order chi connectivity index (χ1) is 8.35. The standard InChI is InChI=1S/C12H18N4O/c1-3-4-5-8-17-12-11-14-6-7-16(11)9-10(13-2)15-12/h6-7,9,13H,3-5,8H2,1-2H3. The predicted molar refractivity (Wildman–Crippen MR) is 67.6 cm³/mol. The molecule has 0 saturated heterocycles. The van der Waals surface area contributed by atoms with Gasteiger partial charge in [-0.3, -0.25) is 4.40 Å². The number of anilines is 1. The Morgan fingerprint density at radius 1 is 1.41 bits per heavy atom. The van der Waals surface area contributed by atoms with Crippen molar-refractivity contribution in [3.8, 4) is 5.88 Å². The summed E-state index contributed by atoms with van der Waals surface area (Å²) >= 11 is 0. The summed E-state index contributed by atoms with van der Waals surface area (Å²) in [7, 11) is 1.84. The van der Waals surface area contributed by atoms with Gasteiger partial charge in [-0.1, -0.05) is 19.8 Å². The molecule has 2 heterocycles. The van der Waals surface area contributed by atoms with Crippen molar-refractivity contribution in [3.05, 3.63) is 18.6 Å². The van der Waals surface area contributed by atoms with Crippen molar-refractivity contribution >= 4 is 11.5 Å². The van der Waals surface area contributed by atoms with Gasteiger partial charge in [0, 0.05) is 19.4 Å². The lowest BCUT2D eigenvalue weighted by molar-refractivity contribution is 0.297. The van der Waals surface area contributed by atoms with Gasteiger partial charge in [0.1, 0.15) is 5.82 Å². The van der Waals surface area contributed by atoms with Crippen LogP contribution in [0.4, 0.5) is 5.82 Å². The fourth-order valence-electron chi connectivity index (χ4n) is 1.64. The highest BCUT2D eigenvalue weighted by molar-refractivity contribution is 5.53. The lowest BCUT2D eigenvalue weighted by atomic mass is 10.3. The van der Waals surface area contributed by atoms with Crippen LogP contribution in [0, 0.1) is 0 Å². The van der Waals surface area contributed by atoms with Crippen molar-refractivity contribution < 1.29 is 4.74 Å². The van der Waals surface area contributed by atoms with Gasteiger partial charge in [0.05, 0.1) is 12.8 Å². The summed E-state index contributed by atoms with van der Waals surface area (Å²) in [5.74, 6) is 1.37. The Labute approximate surface area is 101 Å². The number of imidazole rings is 1. The third kappa shape index (κ3) is 2.67. The van der Waals surface area contributed by atoms with Crippen LogP contribution in [0.5, 0.6) is 5.88 Å². The summed E-state index contributed by atoms with van der Waals surface area (Å²) in [6.45, 7) is 2.86. The van der Waals surface area contributed by atoms with Crippen LogP contribution in [0.2, 0.25) is 0 Å². The summed E-state index contributed by atoms with van der Waals surface area (Å²) in [6.07, 6.45) is 8.94. The molecule has 5 nitrogen and oxygen atoms in total. The molecule has 0 bridgehead atoms. The predicted octanol–water partition coefficient (Wildman–Crippen LogP) is 2.34. The van der Waals surface area contributed by atoms with E-state index in [1.807, 2.05) is 23.8 Å². The number of nitrogens with one attached hydrogen (secondary N) is 1. The Morgan fingerprint density at radius 2 is 2.29 bits per heavy atom. The van der Waals surface area contributed by atoms with Gasteiger partial charge in [-0.2, -0.15) is 4.98 Å². The Bertz CT molecular complexity index is 480. The quantitative estimate of drug-likeness (QED) is 0.779. The molecule has 0 atom stereocenters. The fraction of sp³-hybridized carbons (Fsp3) is 0.500. The van der Waals surface area contributed by atoms with Gasteiger partial charge in [0.15, 0.2) is 0 Å². The number of aromatic nitrogens is 3. The molecule has 0 aliphatic rings. The molecule has 2 aromatic rings. The molecule has 92 valence electrons. The lowest BCUT2D eigenvalue weighted by Crippen LogP contribution is -2.04. The number of nitrogens with zero attached hydrogens (tertiary/aromatic N) is 3. The minimum atomic E-state index is 0.595. The van der Waals surface area contributed by atoms with Gasteiger partial charge in [0.2, 0.25) is 5.65 Å². The van der Waals surface area contributed by atoms with Gasteiger partial charge in [-0.05, 0) is 6.42 Å². The summed E-state index contributed by atoms with van der Waals surface area (Å²) in [5.41, 5.74) is 0.764. The molecule has 1 N–H and O–H groups in total. The Morgan fingerprint density at radius 3 is 3.06 bits per heavy atom. The number of rotatable bonds is 6. The molecular formula is C12H18N4O. The second kappa shape index (κ2) is 5.52. The first-order valence-corrected chi connectivity index (χ1v) is 5.99. The van der Waals surface area contributed by atoms with Crippen molar-refractivity contribution in [2.45, 2.75) is 26.2 Å². The zero-order chi connectivity index (χ0) is 12.1. The Balaban J connectivity index is 2.16. The second-order valence-electron chi connectivity index (χ2n) is 3.89. The van der Waals surface area contributed by atoms with Crippen LogP contribution in [0.1, 0.15) is 26.2 Å². The minimum absolute atomic E-state index is 0.595. The van der Waals surface area contributed by atoms with Gasteiger partial charge in [-0.15, -0.1) is 0 Å². The highest BCUT2D eigenvalue weighted by atomic mass is 16.5. The Kier molecular flexibility index (Phi) is 3.80. The van der Waals surface area contributed by atoms with Crippen LogP contribution in [0.3, 0.4) is 0 Å². The van der Waals surface area contributed by atoms with E-state index in [1.54, 1.807) is 6.20 Å². The van der Waals surface area contributed by atoms with Crippen LogP contribution in [0.25, 0.3) is 5.65 Å². The van der Waals surface area contributed by atoms with E-state index in [1.165, 1.54) is 12.8 Å². The minimum Gasteiger partial charge on any atom is -0.475 e. The first-order valence-electron chi connectivity index (χ1n) is 5.99. The molecule has 2 aromatic heterocycles. The molecule has 0 aliphatic heterocycles. The summed E-state index contributed by atoms with van der Waals surface area (Å²) < 4.78 is 7.60. The van der Waals surface area contributed by atoms with E-state index in [0.29, 0.717) is 12.5 Å². The maximum Gasteiger partial charge on any atom is 0.260 e. The maximum absolute atomic E-state index is 5.69. The summed E-state index contributed by atoms with van der Waals surface area (Å²) in [5, 5.41) is 3.01. The highest BCUT2D eigenvalue weighted by Gasteiger charge is 2.07. The molecule has 0 radical (unpaired) electrons. The van der Waals surface area contributed by atoms with Crippen molar-refractivity contribution in [2.24, 2.45) is 0 Å². The van der Waals surface area contributed by atoms with E-state index in [0.717, 1.165) is 17.9 Å². The highest BCUT2D eigenvalue weighted by Crippen LogP contribution is 2.18. The molecule has 0 unspecified atom stereocenters. The normalized spacial score (nSPS) is 10.7. The molecule has 17 heavy (non-hydrogen) atoms. The zero-order valence-corrected chi connectivity index (χ0v) is 10.3. The third-order valence-electron chi connectivity index (χ3n) is 2.59. The number of hydrogen-bond acceptors (Lipinski definition) is 4. The number of unbranched alkanes of at least 4 members (excludes halogenated alkanes) is 2. The fourth-order valence-corrected chi connectivity index (χ4v) is 1.64. The van der Waals surface area contributed by atoms with Crippen LogP contribution < -0.4 is 10.1 Å². The van der Waals surface area contributed by atoms with Crippen molar-refractivity contribution in [1.82, 2.24) is 14.4 Å². The average molecular weight is 234 g/mol. The molecule has 5 heteroatoms. The van der Waals surface area contributed by atoms with E-state index in [4.69, 9.17) is 4.74 Å². The van der Waals surface area contributed by atoms with Crippen molar-refractivity contribution in [1.29, 1.82) is 0 Å². The molecule has 0 amide bonds. The van der Waals surface area contributed by atoms with Crippen molar-refractivity contribution in [3.63, 3.8) is 0 Å². The van der Waals surface area contributed by atoms with Gasteiger partial charge >= 0.3 is 0 Å². The largest absolute Gasteiger partial charge is 0.475 e. The van der Waals surface area contributed by atoms with E-state index in [2.05, 4.69) is 22.2 Å². The average Bonchev–Trinajstić information content (AvgIpc) is 2.82. The third-order valence-corrected chi connectivity index (χ3v) is 2.59. The molecule has 0 saturated carbocycles. The van der Waals surface area contributed by atoms with Crippen LogP contribution >= 0.6 is 0 Å². The van der Waals surface area contributed by atoms with Crippen molar-refractivity contribution in [2.75, 3.05) is 19.0 Å². The van der Waals surface area contributed by atoms with Crippen LogP contribution in [-0.2, 0) is 0 Å². The summed E-state index contributed by atoms with van der Waals surface area (Å²) in [4.78, 5) is 8.61. The SMILES string of the molecule is CCCCCOc1nc(NC)cn2ccnc12. The molecular weight excluding hydrogens is 216 g/mol. The van der Waals surface area contributed by atoms with E-state index >= 15 is 0 Å². The lowest BCUT2D eigenvalue weighted by Gasteiger charge is -2.08. The Hall–Kier alpha value is -1.78. The van der Waals surface area contributed by atoms with E-state index < -0.39 is 0 Å². The molecule has 0 aliphatic carbocycles. The van der Waals surface area contributed by atoms with Crippen LogP contribution in [-0.4, -0.2) is 28.0 Å². The van der Waals surface area contributed by atoms with Gasteiger partial charge in [0.25, 0.3) is 5.88 Å². The second-order valence-corrected chi connectivity index (χ2v) is 3.89. The molecule has 2 rings (SSSR count). The number of ether oxygens (including phenoxy) is 1. The van der Waals surface area contributed by atoms with Crippen LogP contribution in [0.15, 0.2) is 18.6 Å². The summed E-state index contributed by atoms with van der Waals surface area (Å²) in [6, 6.07) is 0. The number of hydrogen-bond donors (Lipinski definition) is 1. The first kappa shape index (κ1) is 11.7. The zero-order valence-electron chi connectivity index (χ0n) is 10.3. The van der Waals surface area contributed by atoms with E-state index in [9.17, 15) is 0 Å². The smallest absolute Gasteiger partial charge is 0.260 e. The molecule has 0 fully saturated rings. The number of fused-ring (bicyclic) bond motifs is 1. The molecule has 0 spiro atoms. The van der Waals surface area contributed by atoms with Gasteiger partial charge in [-0.25, -0.2) is 4.98 Å². The van der Waals surface area contributed by atoms with Gasteiger partial charge < -0.3 is 10.1 Å². The maximum atomic E-state index is 5.69. The monoisotopic (exact) mass is 234 g/mol. The molecule has 0 aromatic carbocycles.